The number of Topliss-reactive ketones (excluding diaryl/α,β-unsaturated/α-hetero) is 1. The lowest BCUT2D eigenvalue weighted by Gasteiger charge is -2.38. The Balaban J connectivity index is 1.61. The molecule has 0 spiro atoms. The van der Waals surface area contributed by atoms with Crippen molar-refractivity contribution >= 4 is 35.1 Å². The van der Waals surface area contributed by atoms with Crippen molar-refractivity contribution in [1.82, 2.24) is 14.8 Å². The first-order chi connectivity index (χ1) is 17.7. The molecule has 0 unspecified atom stereocenters. The van der Waals surface area contributed by atoms with Crippen molar-refractivity contribution in [2.45, 2.75) is 43.6 Å². The van der Waals surface area contributed by atoms with E-state index in [-0.39, 0.29) is 11.2 Å². The molecule has 1 N–H and O–H groups in total. The van der Waals surface area contributed by atoms with Crippen LogP contribution in [0.3, 0.4) is 0 Å². The quantitative estimate of drug-likeness (QED) is 0.370. The molecule has 0 bridgehead atoms. The monoisotopic (exact) mass is 540 g/mol. The van der Waals surface area contributed by atoms with E-state index in [2.05, 4.69) is 19.2 Å². The van der Waals surface area contributed by atoms with Gasteiger partial charge in [0.25, 0.3) is 0 Å². The minimum Gasteiger partial charge on any atom is -0.493 e. The summed E-state index contributed by atoms with van der Waals surface area (Å²) in [5.41, 5.74) is 3.21. The molecule has 10 heteroatoms. The van der Waals surface area contributed by atoms with Crippen molar-refractivity contribution in [3.05, 3.63) is 63.8 Å². The average Bonchev–Trinajstić information content (AvgIpc) is 3.27. The summed E-state index contributed by atoms with van der Waals surface area (Å²) < 4.78 is 18.5. The first-order valence-corrected chi connectivity index (χ1v) is 13.3. The highest BCUT2D eigenvalue weighted by molar-refractivity contribution is 7.98. The number of thioether (sulfide) groups is 1. The number of carbonyl (C=O) groups excluding carboxylic acids is 1. The third-order valence-corrected chi connectivity index (χ3v) is 7.89. The molecule has 1 atom stereocenters. The van der Waals surface area contributed by atoms with Gasteiger partial charge in [-0.05, 0) is 41.2 Å². The number of benzene rings is 2. The zero-order chi connectivity index (χ0) is 26.3. The lowest BCUT2D eigenvalue weighted by Crippen LogP contribution is -2.36. The Labute approximate surface area is 225 Å². The molecule has 0 radical (unpaired) electrons. The van der Waals surface area contributed by atoms with E-state index in [9.17, 15) is 4.79 Å². The third-order valence-electron chi connectivity index (χ3n) is 6.63. The lowest BCUT2D eigenvalue weighted by molar-refractivity contribution is -0.118. The predicted octanol–water partition coefficient (Wildman–Crippen LogP) is 5.91. The zero-order valence-corrected chi connectivity index (χ0v) is 23.0. The van der Waals surface area contributed by atoms with Crippen molar-refractivity contribution in [3.63, 3.8) is 0 Å². The predicted molar refractivity (Wildman–Crippen MR) is 144 cm³/mol. The Morgan fingerprint density at radius 1 is 1.11 bits per heavy atom. The number of rotatable bonds is 7. The number of nitrogens with zero attached hydrogens (tertiary/aromatic N) is 3. The van der Waals surface area contributed by atoms with E-state index in [1.165, 1.54) is 11.8 Å². The van der Waals surface area contributed by atoms with E-state index in [1.807, 2.05) is 36.4 Å². The van der Waals surface area contributed by atoms with Crippen molar-refractivity contribution < 1.29 is 19.0 Å². The Hall–Kier alpha value is -3.17. The number of methoxy groups -OCH3 is 3. The van der Waals surface area contributed by atoms with Gasteiger partial charge in [-0.1, -0.05) is 55.4 Å². The van der Waals surface area contributed by atoms with Gasteiger partial charge in [-0.2, -0.15) is 4.98 Å². The van der Waals surface area contributed by atoms with E-state index < -0.39 is 6.04 Å². The molecule has 2 aliphatic rings. The molecule has 37 heavy (non-hydrogen) atoms. The summed E-state index contributed by atoms with van der Waals surface area (Å²) in [6.07, 6.45) is 1.18. The van der Waals surface area contributed by atoms with Crippen LogP contribution in [0.15, 0.2) is 52.8 Å². The summed E-state index contributed by atoms with van der Waals surface area (Å²) in [5.74, 6) is 2.81. The third kappa shape index (κ3) is 4.78. The molecule has 2 aromatic carbocycles. The van der Waals surface area contributed by atoms with Gasteiger partial charge in [0.05, 0.1) is 21.3 Å². The minimum atomic E-state index is -0.495. The van der Waals surface area contributed by atoms with Gasteiger partial charge in [0, 0.05) is 28.5 Å². The van der Waals surface area contributed by atoms with E-state index in [1.54, 1.807) is 26.0 Å². The fourth-order valence-electron chi connectivity index (χ4n) is 4.98. The summed E-state index contributed by atoms with van der Waals surface area (Å²) in [6, 6.07) is 11.0. The van der Waals surface area contributed by atoms with E-state index >= 15 is 0 Å². The Morgan fingerprint density at radius 2 is 1.81 bits per heavy atom. The summed E-state index contributed by atoms with van der Waals surface area (Å²) in [7, 11) is 4.72. The maximum Gasteiger partial charge on any atom is 0.227 e. The number of allylic oxidation sites excluding steroid dienone is 2. The molecule has 1 aromatic heterocycles. The van der Waals surface area contributed by atoms with E-state index in [0.29, 0.717) is 51.1 Å². The van der Waals surface area contributed by atoms with Crippen LogP contribution in [0.5, 0.6) is 17.2 Å². The first-order valence-electron chi connectivity index (χ1n) is 11.9. The number of halogens is 1. The number of ketones is 1. The van der Waals surface area contributed by atoms with Gasteiger partial charge in [0.15, 0.2) is 17.3 Å². The van der Waals surface area contributed by atoms with Gasteiger partial charge < -0.3 is 19.5 Å². The molecule has 0 saturated heterocycles. The Bertz CT molecular complexity index is 1380. The molecular formula is C27H29ClN4O4S. The number of anilines is 1. The number of ether oxygens (including phenoxy) is 3. The number of hydrogen-bond acceptors (Lipinski definition) is 8. The van der Waals surface area contributed by atoms with Gasteiger partial charge in [0.2, 0.25) is 16.9 Å². The van der Waals surface area contributed by atoms with Crippen LogP contribution in [-0.4, -0.2) is 41.9 Å². The second-order valence-corrected chi connectivity index (χ2v) is 11.2. The molecule has 194 valence electrons. The highest BCUT2D eigenvalue weighted by atomic mass is 35.5. The largest absolute Gasteiger partial charge is 0.493 e. The highest BCUT2D eigenvalue weighted by Gasteiger charge is 2.42. The van der Waals surface area contributed by atoms with Crippen molar-refractivity contribution in [1.29, 1.82) is 0 Å². The van der Waals surface area contributed by atoms with Crippen LogP contribution in [0.4, 0.5) is 5.95 Å². The molecule has 1 aliphatic heterocycles. The van der Waals surface area contributed by atoms with Crippen molar-refractivity contribution in [2.75, 3.05) is 26.6 Å². The lowest BCUT2D eigenvalue weighted by atomic mass is 9.73. The maximum atomic E-state index is 13.6. The molecule has 0 saturated carbocycles. The summed E-state index contributed by atoms with van der Waals surface area (Å²) in [6.45, 7) is 4.21. The van der Waals surface area contributed by atoms with Crippen LogP contribution in [0.25, 0.3) is 0 Å². The number of nitrogens with one attached hydrogen (secondary N) is 1. The summed E-state index contributed by atoms with van der Waals surface area (Å²) in [4.78, 5) is 18.3. The molecule has 3 aromatic rings. The Kier molecular flexibility index (Phi) is 6.85. The van der Waals surface area contributed by atoms with Gasteiger partial charge in [-0.15, -0.1) is 5.10 Å². The van der Waals surface area contributed by atoms with Crippen LogP contribution < -0.4 is 19.5 Å². The second kappa shape index (κ2) is 9.95. The molecule has 0 amide bonds. The Morgan fingerprint density at radius 3 is 2.46 bits per heavy atom. The highest BCUT2D eigenvalue weighted by Crippen LogP contribution is 2.48. The number of aromatic nitrogens is 3. The molecule has 2 heterocycles. The maximum absolute atomic E-state index is 13.6. The topological polar surface area (TPSA) is 87.5 Å². The van der Waals surface area contributed by atoms with Crippen LogP contribution in [-0.2, 0) is 10.5 Å². The molecular weight excluding hydrogens is 512 g/mol. The van der Waals surface area contributed by atoms with Crippen LogP contribution in [0.2, 0.25) is 5.02 Å². The SMILES string of the molecule is COc1cc([C@@H]2C3=C(CC(C)(C)CC3=O)Nc3nc(SCc4ccccc4Cl)nn32)cc(OC)c1OC. The summed E-state index contributed by atoms with van der Waals surface area (Å²) >= 11 is 7.85. The number of hydrogen-bond donors (Lipinski definition) is 1. The van der Waals surface area contributed by atoms with E-state index in [4.69, 9.17) is 35.9 Å². The van der Waals surface area contributed by atoms with Gasteiger partial charge >= 0.3 is 0 Å². The van der Waals surface area contributed by atoms with Gasteiger partial charge in [0.1, 0.15) is 6.04 Å². The minimum absolute atomic E-state index is 0.0870. The molecule has 5 rings (SSSR count). The number of fused-ring (bicyclic) bond motifs is 1. The number of carbonyl (C=O) groups is 1. The van der Waals surface area contributed by atoms with Gasteiger partial charge in [-0.25, -0.2) is 4.68 Å². The van der Waals surface area contributed by atoms with E-state index in [0.717, 1.165) is 23.2 Å². The first kappa shape index (κ1) is 25.5. The second-order valence-electron chi connectivity index (χ2n) is 9.86. The van der Waals surface area contributed by atoms with Crippen LogP contribution in [0, 0.1) is 5.41 Å². The fraction of sp³-hybridized carbons (Fsp3) is 0.370. The zero-order valence-electron chi connectivity index (χ0n) is 21.4. The van der Waals surface area contributed by atoms with Gasteiger partial charge in [-0.3, -0.25) is 4.79 Å². The standard InChI is InChI=1S/C27H29ClN4O4S/c1-27(2)12-18-22(19(33)13-27)23(16-10-20(34-3)24(36-5)21(11-16)35-4)32-25(29-18)30-26(31-32)37-14-15-8-6-7-9-17(15)28/h6-11,23H,12-14H2,1-5H3,(H,29,30,31)/t23-/m1/s1. The molecule has 8 nitrogen and oxygen atoms in total. The molecule has 1 aliphatic carbocycles. The van der Waals surface area contributed by atoms with Crippen molar-refractivity contribution in [2.24, 2.45) is 5.41 Å². The fourth-order valence-corrected chi connectivity index (χ4v) is 6.09. The van der Waals surface area contributed by atoms with Crippen LogP contribution >= 0.6 is 23.4 Å². The summed E-state index contributed by atoms with van der Waals surface area (Å²) in [5, 5.41) is 9.54. The smallest absolute Gasteiger partial charge is 0.227 e. The van der Waals surface area contributed by atoms with Crippen LogP contribution in [0.1, 0.15) is 43.9 Å². The van der Waals surface area contributed by atoms with Crippen molar-refractivity contribution in [3.8, 4) is 17.2 Å². The average molecular weight is 541 g/mol. The normalized spacial score (nSPS) is 18.1. The molecule has 0 fully saturated rings.